The number of hydrogen-bond acceptors (Lipinski definition) is 3. The van der Waals surface area contributed by atoms with Crippen molar-refractivity contribution in [2.45, 2.75) is 13.1 Å². The minimum atomic E-state index is 0.849. The van der Waals surface area contributed by atoms with Crippen LogP contribution in [0, 0.1) is 0 Å². The average Bonchev–Trinajstić information content (AvgIpc) is 2.33. The van der Waals surface area contributed by atoms with Gasteiger partial charge in [-0.2, -0.15) is 0 Å². The molecule has 0 saturated heterocycles. The van der Waals surface area contributed by atoms with Gasteiger partial charge in [-0.05, 0) is 30.3 Å². The largest absolute Gasteiger partial charge is 0.398 e. The first-order valence-electron chi connectivity index (χ1n) is 5.66. The number of aromatic nitrogens is 1. The number of para-hydroxylation sites is 1. The molecule has 1 heterocycles. The molecule has 0 aliphatic heterocycles. The number of pyridine rings is 1. The van der Waals surface area contributed by atoms with Crippen molar-refractivity contribution < 1.29 is 0 Å². The van der Waals surface area contributed by atoms with Gasteiger partial charge in [0.15, 0.2) is 0 Å². The third-order valence-corrected chi connectivity index (χ3v) is 2.67. The van der Waals surface area contributed by atoms with E-state index in [1.165, 1.54) is 11.1 Å². The average molecular weight is 227 g/mol. The third-order valence-electron chi connectivity index (χ3n) is 2.67. The molecule has 88 valence electrons. The molecule has 0 atom stereocenters. The SMILES string of the molecule is CN(Cc1cccnc1)Cc1ccccc1N. The van der Waals surface area contributed by atoms with E-state index in [-0.39, 0.29) is 0 Å². The molecule has 17 heavy (non-hydrogen) atoms. The van der Waals surface area contributed by atoms with Gasteiger partial charge in [-0.3, -0.25) is 9.88 Å². The molecule has 3 heteroatoms. The van der Waals surface area contributed by atoms with Gasteiger partial charge in [0.05, 0.1) is 0 Å². The molecule has 0 spiro atoms. The van der Waals surface area contributed by atoms with E-state index in [4.69, 9.17) is 5.73 Å². The summed E-state index contributed by atoms with van der Waals surface area (Å²) >= 11 is 0. The number of nitrogens with two attached hydrogens (primary N) is 1. The van der Waals surface area contributed by atoms with E-state index < -0.39 is 0 Å². The molecule has 0 unspecified atom stereocenters. The molecule has 0 radical (unpaired) electrons. The Morgan fingerprint density at radius 1 is 1.12 bits per heavy atom. The number of nitrogen functional groups attached to an aromatic ring is 1. The van der Waals surface area contributed by atoms with Crippen molar-refractivity contribution in [3.63, 3.8) is 0 Å². The summed E-state index contributed by atoms with van der Waals surface area (Å²) in [6.45, 7) is 1.73. The van der Waals surface area contributed by atoms with E-state index in [0.717, 1.165) is 18.8 Å². The van der Waals surface area contributed by atoms with Crippen molar-refractivity contribution in [1.29, 1.82) is 0 Å². The van der Waals surface area contributed by atoms with Gasteiger partial charge in [0.2, 0.25) is 0 Å². The first-order valence-corrected chi connectivity index (χ1v) is 5.66. The van der Waals surface area contributed by atoms with Crippen molar-refractivity contribution in [3.8, 4) is 0 Å². The maximum atomic E-state index is 5.92. The van der Waals surface area contributed by atoms with Crippen LogP contribution in [0.2, 0.25) is 0 Å². The molecule has 1 aromatic carbocycles. The molecule has 0 aliphatic carbocycles. The topological polar surface area (TPSA) is 42.2 Å². The Hall–Kier alpha value is -1.87. The highest BCUT2D eigenvalue weighted by Crippen LogP contribution is 2.13. The lowest BCUT2D eigenvalue weighted by atomic mass is 10.1. The minimum absolute atomic E-state index is 0.849. The molecule has 0 bridgehead atoms. The molecule has 3 nitrogen and oxygen atoms in total. The third kappa shape index (κ3) is 3.29. The first-order chi connectivity index (χ1) is 8.25. The van der Waals surface area contributed by atoms with Crippen molar-refractivity contribution in [3.05, 3.63) is 59.9 Å². The highest BCUT2D eigenvalue weighted by atomic mass is 15.1. The van der Waals surface area contributed by atoms with Gasteiger partial charge in [-0.1, -0.05) is 24.3 Å². The summed E-state index contributed by atoms with van der Waals surface area (Å²) in [6, 6.07) is 12.0. The Morgan fingerprint density at radius 2 is 1.94 bits per heavy atom. The fraction of sp³-hybridized carbons (Fsp3) is 0.214. The molecule has 2 N–H and O–H groups in total. The molecule has 1 aromatic heterocycles. The predicted octanol–water partition coefficient (Wildman–Crippen LogP) is 2.30. The maximum absolute atomic E-state index is 5.92. The van der Waals surface area contributed by atoms with Crippen molar-refractivity contribution in [1.82, 2.24) is 9.88 Å². The lowest BCUT2D eigenvalue weighted by molar-refractivity contribution is 0.319. The van der Waals surface area contributed by atoms with Gasteiger partial charge in [0.25, 0.3) is 0 Å². The summed E-state index contributed by atoms with van der Waals surface area (Å²) < 4.78 is 0. The Labute approximate surface area is 102 Å². The summed E-state index contributed by atoms with van der Waals surface area (Å²) in [4.78, 5) is 6.34. The van der Waals surface area contributed by atoms with Gasteiger partial charge < -0.3 is 5.73 Å². The monoisotopic (exact) mass is 227 g/mol. The second kappa shape index (κ2) is 5.46. The normalized spacial score (nSPS) is 10.7. The van der Waals surface area contributed by atoms with E-state index in [1.807, 2.05) is 30.5 Å². The number of nitrogens with zero attached hydrogens (tertiary/aromatic N) is 2. The Balaban J connectivity index is 1.98. The van der Waals surface area contributed by atoms with Gasteiger partial charge in [0.1, 0.15) is 0 Å². The van der Waals surface area contributed by atoms with Crippen LogP contribution in [0.1, 0.15) is 11.1 Å². The summed E-state index contributed by atoms with van der Waals surface area (Å²) in [6.07, 6.45) is 3.68. The molecule has 0 amide bonds. The van der Waals surface area contributed by atoms with E-state index in [0.29, 0.717) is 0 Å². The van der Waals surface area contributed by atoms with Crippen LogP contribution >= 0.6 is 0 Å². The van der Waals surface area contributed by atoms with Crippen molar-refractivity contribution in [2.75, 3.05) is 12.8 Å². The predicted molar refractivity (Wildman–Crippen MR) is 70.3 cm³/mol. The zero-order valence-electron chi connectivity index (χ0n) is 10.0. The van der Waals surface area contributed by atoms with Crippen molar-refractivity contribution >= 4 is 5.69 Å². The maximum Gasteiger partial charge on any atom is 0.0359 e. The second-order valence-electron chi connectivity index (χ2n) is 4.23. The van der Waals surface area contributed by atoms with Crippen molar-refractivity contribution in [2.24, 2.45) is 0 Å². The van der Waals surface area contributed by atoms with E-state index >= 15 is 0 Å². The Morgan fingerprint density at radius 3 is 2.65 bits per heavy atom. The van der Waals surface area contributed by atoms with Gasteiger partial charge in [-0.25, -0.2) is 0 Å². The van der Waals surface area contributed by atoms with Crippen LogP contribution in [-0.4, -0.2) is 16.9 Å². The number of rotatable bonds is 4. The quantitative estimate of drug-likeness (QED) is 0.815. The minimum Gasteiger partial charge on any atom is -0.398 e. The highest BCUT2D eigenvalue weighted by Gasteiger charge is 2.03. The smallest absolute Gasteiger partial charge is 0.0359 e. The zero-order valence-corrected chi connectivity index (χ0v) is 10.0. The molecule has 0 saturated carbocycles. The molecule has 2 rings (SSSR count). The fourth-order valence-corrected chi connectivity index (χ4v) is 1.83. The van der Waals surface area contributed by atoms with Crippen LogP contribution in [0.25, 0.3) is 0 Å². The molecular formula is C14H17N3. The van der Waals surface area contributed by atoms with E-state index in [2.05, 4.69) is 29.1 Å². The van der Waals surface area contributed by atoms with E-state index in [9.17, 15) is 0 Å². The summed E-state index contributed by atoms with van der Waals surface area (Å²) in [7, 11) is 2.08. The summed E-state index contributed by atoms with van der Waals surface area (Å²) in [5, 5.41) is 0. The lowest BCUT2D eigenvalue weighted by Gasteiger charge is -2.17. The lowest BCUT2D eigenvalue weighted by Crippen LogP contribution is -2.18. The number of anilines is 1. The van der Waals surface area contributed by atoms with Crippen LogP contribution in [0.5, 0.6) is 0 Å². The standard InChI is InChI=1S/C14H17N3/c1-17(10-12-5-4-8-16-9-12)11-13-6-2-3-7-14(13)15/h2-9H,10-11,15H2,1H3. The van der Waals surface area contributed by atoms with Crippen LogP contribution < -0.4 is 5.73 Å². The van der Waals surface area contributed by atoms with Crippen LogP contribution in [-0.2, 0) is 13.1 Å². The van der Waals surface area contributed by atoms with Crippen LogP contribution in [0.4, 0.5) is 5.69 Å². The Bertz CT molecular complexity index is 468. The zero-order chi connectivity index (χ0) is 12.1. The van der Waals surface area contributed by atoms with Crippen LogP contribution in [0.15, 0.2) is 48.8 Å². The number of benzene rings is 1. The first kappa shape index (κ1) is 11.6. The van der Waals surface area contributed by atoms with Gasteiger partial charge in [0, 0.05) is 31.2 Å². The highest BCUT2D eigenvalue weighted by molar-refractivity contribution is 5.46. The fourth-order valence-electron chi connectivity index (χ4n) is 1.83. The Kier molecular flexibility index (Phi) is 3.73. The van der Waals surface area contributed by atoms with Crippen LogP contribution in [0.3, 0.4) is 0 Å². The summed E-state index contributed by atoms with van der Waals surface area (Å²) in [5.74, 6) is 0. The van der Waals surface area contributed by atoms with Gasteiger partial charge in [-0.15, -0.1) is 0 Å². The molecule has 2 aromatic rings. The second-order valence-corrected chi connectivity index (χ2v) is 4.23. The number of hydrogen-bond donors (Lipinski definition) is 1. The van der Waals surface area contributed by atoms with Gasteiger partial charge >= 0.3 is 0 Å². The molecule has 0 aliphatic rings. The molecule has 0 fully saturated rings. The molecular weight excluding hydrogens is 210 g/mol. The van der Waals surface area contributed by atoms with E-state index in [1.54, 1.807) is 6.20 Å². The summed E-state index contributed by atoms with van der Waals surface area (Å²) in [5.41, 5.74) is 9.15.